The lowest BCUT2D eigenvalue weighted by Gasteiger charge is -2.19. The smallest absolute Gasteiger partial charge is 0.0498 e. The maximum absolute atomic E-state index is 5.79. The topological polar surface area (TPSA) is 38.0 Å². The average Bonchev–Trinajstić information content (AvgIpc) is 2.62. The summed E-state index contributed by atoms with van der Waals surface area (Å²) in [6.07, 6.45) is 0. The van der Waals surface area contributed by atoms with Crippen molar-refractivity contribution in [1.82, 2.24) is 5.43 Å². The SMILES string of the molecule is Cc1cccc(C(NN)C2C(C)(C)C2(C)C)c1. The molecule has 0 radical (unpaired) electrons. The first-order valence-corrected chi connectivity index (χ1v) is 6.35. The van der Waals surface area contributed by atoms with E-state index in [1.165, 1.54) is 11.1 Å². The van der Waals surface area contributed by atoms with Crippen molar-refractivity contribution in [2.24, 2.45) is 22.6 Å². The zero-order valence-corrected chi connectivity index (χ0v) is 11.5. The molecule has 1 aromatic carbocycles. The predicted molar refractivity (Wildman–Crippen MR) is 72.3 cm³/mol. The summed E-state index contributed by atoms with van der Waals surface area (Å²) in [5.74, 6) is 6.37. The maximum Gasteiger partial charge on any atom is 0.0498 e. The second kappa shape index (κ2) is 3.82. The van der Waals surface area contributed by atoms with Crippen LogP contribution in [-0.2, 0) is 0 Å². The van der Waals surface area contributed by atoms with E-state index in [2.05, 4.69) is 64.3 Å². The minimum absolute atomic E-state index is 0.250. The summed E-state index contributed by atoms with van der Waals surface area (Å²) >= 11 is 0. The Bertz CT molecular complexity index is 407. The number of rotatable bonds is 3. The molecule has 0 amide bonds. The van der Waals surface area contributed by atoms with Crippen molar-refractivity contribution < 1.29 is 0 Å². The van der Waals surface area contributed by atoms with Gasteiger partial charge in [0.1, 0.15) is 0 Å². The van der Waals surface area contributed by atoms with Crippen molar-refractivity contribution in [3.63, 3.8) is 0 Å². The summed E-state index contributed by atoms with van der Waals surface area (Å²) in [4.78, 5) is 0. The van der Waals surface area contributed by atoms with Crippen LogP contribution in [0.15, 0.2) is 24.3 Å². The fraction of sp³-hybridized carbons (Fsp3) is 0.600. The summed E-state index contributed by atoms with van der Waals surface area (Å²) in [6, 6.07) is 8.88. The zero-order valence-electron chi connectivity index (χ0n) is 11.5. The third-order valence-corrected chi connectivity index (χ3v) is 5.05. The first-order chi connectivity index (χ1) is 7.82. The Labute approximate surface area is 105 Å². The fourth-order valence-corrected chi connectivity index (χ4v) is 3.33. The van der Waals surface area contributed by atoms with Gasteiger partial charge in [-0.3, -0.25) is 11.3 Å². The molecule has 1 aliphatic rings. The van der Waals surface area contributed by atoms with Gasteiger partial charge in [-0.25, -0.2) is 0 Å². The monoisotopic (exact) mass is 232 g/mol. The lowest BCUT2D eigenvalue weighted by atomic mass is 9.96. The molecule has 0 bridgehead atoms. The van der Waals surface area contributed by atoms with Gasteiger partial charge in [-0.1, -0.05) is 57.5 Å². The maximum atomic E-state index is 5.79. The van der Waals surface area contributed by atoms with Gasteiger partial charge in [-0.2, -0.15) is 0 Å². The largest absolute Gasteiger partial charge is 0.271 e. The summed E-state index contributed by atoms with van der Waals surface area (Å²) in [6.45, 7) is 11.4. The molecule has 3 N–H and O–H groups in total. The predicted octanol–water partition coefficient (Wildman–Crippen LogP) is 3.18. The molecule has 1 aromatic rings. The molecule has 0 spiro atoms. The second-order valence-electron chi connectivity index (χ2n) is 6.48. The highest BCUT2D eigenvalue weighted by atomic mass is 15.2. The van der Waals surface area contributed by atoms with Crippen LogP contribution in [0.25, 0.3) is 0 Å². The molecule has 1 fully saturated rings. The minimum atomic E-state index is 0.250. The molecule has 1 atom stereocenters. The number of nitrogens with two attached hydrogens (primary N) is 1. The Balaban J connectivity index is 2.31. The highest BCUT2D eigenvalue weighted by Gasteiger charge is 2.67. The van der Waals surface area contributed by atoms with Crippen LogP contribution in [0, 0.1) is 23.7 Å². The van der Waals surface area contributed by atoms with Gasteiger partial charge in [0.15, 0.2) is 0 Å². The lowest BCUT2D eigenvalue weighted by Crippen LogP contribution is -2.31. The molecule has 0 saturated heterocycles. The second-order valence-corrected chi connectivity index (χ2v) is 6.48. The number of benzene rings is 1. The number of hydrogen-bond donors (Lipinski definition) is 2. The molecular weight excluding hydrogens is 208 g/mol. The van der Waals surface area contributed by atoms with Crippen LogP contribution in [0.5, 0.6) is 0 Å². The fourth-order valence-electron chi connectivity index (χ4n) is 3.33. The normalized spacial score (nSPS) is 23.4. The molecule has 1 unspecified atom stereocenters. The van der Waals surface area contributed by atoms with E-state index in [0.717, 1.165) is 0 Å². The van der Waals surface area contributed by atoms with Crippen LogP contribution >= 0.6 is 0 Å². The molecule has 0 heterocycles. The molecule has 0 aliphatic heterocycles. The van der Waals surface area contributed by atoms with Gasteiger partial charge >= 0.3 is 0 Å². The van der Waals surface area contributed by atoms with Crippen LogP contribution in [0.4, 0.5) is 0 Å². The molecular formula is C15H24N2. The van der Waals surface area contributed by atoms with Crippen molar-refractivity contribution in [2.75, 3.05) is 0 Å². The Hall–Kier alpha value is -0.860. The highest BCUT2D eigenvalue weighted by molar-refractivity contribution is 5.30. The number of nitrogens with one attached hydrogen (secondary N) is 1. The third-order valence-electron chi connectivity index (χ3n) is 5.05. The van der Waals surface area contributed by atoms with Crippen molar-refractivity contribution in [1.29, 1.82) is 0 Å². The molecule has 2 rings (SSSR count). The Morgan fingerprint density at radius 3 is 2.18 bits per heavy atom. The van der Waals surface area contributed by atoms with Gasteiger partial charge < -0.3 is 0 Å². The molecule has 0 aromatic heterocycles. The molecule has 1 saturated carbocycles. The molecule has 17 heavy (non-hydrogen) atoms. The first kappa shape index (κ1) is 12.6. The number of hydrogen-bond acceptors (Lipinski definition) is 2. The number of aryl methyl sites for hydroxylation is 1. The standard InChI is InChI=1S/C15H24N2/c1-10-7-6-8-11(9-10)12(17-16)13-14(2,3)15(13,4)5/h6-9,12-13,17H,16H2,1-5H3. The van der Waals surface area contributed by atoms with Crippen LogP contribution in [-0.4, -0.2) is 0 Å². The van der Waals surface area contributed by atoms with E-state index in [4.69, 9.17) is 5.84 Å². The summed E-state index contributed by atoms with van der Waals surface area (Å²) < 4.78 is 0. The van der Waals surface area contributed by atoms with Gasteiger partial charge in [0.2, 0.25) is 0 Å². The Morgan fingerprint density at radius 1 is 1.18 bits per heavy atom. The van der Waals surface area contributed by atoms with E-state index in [-0.39, 0.29) is 6.04 Å². The van der Waals surface area contributed by atoms with Gasteiger partial charge in [0, 0.05) is 6.04 Å². The van der Waals surface area contributed by atoms with Crippen LogP contribution < -0.4 is 11.3 Å². The van der Waals surface area contributed by atoms with Crippen LogP contribution in [0.1, 0.15) is 44.9 Å². The van der Waals surface area contributed by atoms with E-state index in [9.17, 15) is 0 Å². The minimum Gasteiger partial charge on any atom is -0.271 e. The average molecular weight is 232 g/mol. The van der Waals surface area contributed by atoms with E-state index in [1.54, 1.807) is 0 Å². The quantitative estimate of drug-likeness (QED) is 0.620. The van der Waals surface area contributed by atoms with Crippen LogP contribution in [0.3, 0.4) is 0 Å². The van der Waals surface area contributed by atoms with Crippen molar-refractivity contribution >= 4 is 0 Å². The van der Waals surface area contributed by atoms with Gasteiger partial charge in [-0.05, 0) is 29.2 Å². The Kier molecular flexibility index (Phi) is 2.83. The van der Waals surface area contributed by atoms with Crippen LogP contribution in [0.2, 0.25) is 0 Å². The summed E-state index contributed by atoms with van der Waals surface area (Å²) in [5.41, 5.74) is 6.29. The van der Waals surface area contributed by atoms with Gasteiger partial charge in [0.05, 0.1) is 0 Å². The van der Waals surface area contributed by atoms with Gasteiger partial charge in [0.25, 0.3) is 0 Å². The highest BCUT2D eigenvalue weighted by Crippen LogP contribution is 2.72. The Morgan fingerprint density at radius 2 is 1.76 bits per heavy atom. The van der Waals surface area contributed by atoms with E-state index < -0.39 is 0 Å². The van der Waals surface area contributed by atoms with E-state index in [0.29, 0.717) is 16.7 Å². The van der Waals surface area contributed by atoms with E-state index >= 15 is 0 Å². The third kappa shape index (κ3) is 1.80. The van der Waals surface area contributed by atoms with Gasteiger partial charge in [-0.15, -0.1) is 0 Å². The number of hydrazine groups is 1. The summed E-state index contributed by atoms with van der Waals surface area (Å²) in [5, 5.41) is 0. The van der Waals surface area contributed by atoms with Crippen molar-refractivity contribution in [3.8, 4) is 0 Å². The lowest BCUT2D eigenvalue weighted by molar-refractivity contribution is 0.417. The molecule has 2 nitrogen and oxygen atoms in total. The molecule has 2 heteroatoms. The molecule has 1 aliphatic carbocycles. The first-order valence-electron chi connectivity index (χ1n) is 6.35. The molecule has 94 valence electrons. The van der Waals surface area contributed by atoms with Crippen molar-refractivity contribution in [2.45, 2.75) is 40.7 Å². The van der Waals surface area contributed by atoms with E-state index in [1.807, 2.05) is 0 Å². The van der Waals surface area contributed by atoms with Crippen molar-refractivity contribution in [3.05, 3.63) is 35.4 Å². The zero-order chi connectivity index (χ0) is 12.8. The summed E-state index contributed by atoms with van der Waals surface area (Å²) in [7, 11) is 0.